The number of carbonyl (C=O) groups excluding carboxylic acids is 1. The Hall–Kier alpha value is -0.870. The zero-order valence-corrected chi connectivity index (χ0v) is 13.2. The molecule has 1 aliphatic carbocycles. The number of carbonyl (C=O) groups is 1. The lowest BCUT2D eigenvalue weighted by atomic mass is 9.73. The van der Waals surface area contributed by atoms with Crippen molar-refractivity contribution in [2.24, 2.45) is 5.73 Å². The summed E-state index contributed by atoms with van der Waals surface area (Å²) < 4.78 is 0. The fraction of sp³-hybridized carbons (Fsp3) is 0.688. The third-order valence-electron chi connectivity index (χ3n) is 4.39. The minimum absolute atomic E-state index is 0.00774. The van der Waals surface area contributed by atoms with Crippen LogP contribution >= 0.6 is 11.3 Å². The van der Waals surface area contributed by atoms with E-state index in [4.69, 9.17) is 5.73 Å². The highest BCUT2D eigenvalue weighted by Crippen LogP contribution is 2.41. The normalized spacial score (nSPS) is 19.5. The summed E-state index contributed by atoms with van der Waals surface area (Å²) in [7, 11) is 0. The summed E-state index contributed by atoms with van der Waals surface area (Å²) in [4.78, 5) is 13.5. The summed E-state index contributed by atoms with van der Waals surface area (Å²) in [5.41, 5.74) is 6.04. The van der Waals surface area contributed by atoms with Crippen LogP contribution in [0.1, 0.15) is 56.7 Å². The predicted octanol–water partition coefficient (Wildman–Crippen LogP) is 3.19. The van der Waals surface area contributed by atoms with Crippen LogP contribution in [-0.4, -0.2) is 18.5 Å². The fourth-order valence-corrected chi connectivity index (χ4v) is 4.14. The van der Waals surface area contributed by atoms with E-state index in [-0.39, 0.29) is 17.4 Å². The quantitative estimate of drug-likeness (QED) is 0.846. The predicted molar refractivity (Wildman–Crippen MR) is 85.0 cm³/mol. The highest BCUT2D eigenvalue weighted by molar-refractivity contribution is 7.10. The largest absolute Gasteiger partial charge is 0.354 e. The van der Waals surface area contributed by atoms with Crippen LogP contribution in [-0.2, 0) is 10.2 Å². The van der Waals surface area contributed by atoms with Gasteiger partial charge in [0.05, 0.1) is 6.04 Å². The van der Waals surface area contributed by atoms with Crippen LogP contribution in [0.15, 0.2) is 17.5 Å². The minimum atomic E-state index is -0.357. The van der Waals surface area contributed by atoms with Crippen LogP contribution in [0, 0.1) is 0 Å². The molecule has 2 rings (SSSR count). The van der Waals surface area contributed by atoms with E-state index in [9.17, 15) is 4.79 Å². The molecule has 1 atom stereocenters. The van der Waals surface area contributed by atoms with Crippen molar-refractivity contribution in [2.75, 3.05) is 6.54 Å². The second-order valence-corrected chi connectivity index (χ2v) is 6.88. The van der Waals surface area contributed by atoms with Gasteiger partial charge in [0.15, 0.2) is 0 Å². The second kappa shape index (κ2) is 7.23. The Balaban J connectivity index is 2.00. The molecule has 20 heavy (non-hydrogen) atoms. The number of hydrogen-bond acceptors (Lipinski definition) is 3. The molecule has 0 radical (unpaired) electrons. The first-order valence-electron chi connectivity index (χ1n) is 7.75. The monoisotopic (exact) mass is 294 g/mol. The lowest BCUT2D eigenvalue weighted by molar-refractivity contribution is -0.122. The molecule has 0 saturated heterocycles. The molecule has 4 heteroatoms. The van der Waals surface area contributed by atoms with E-state index in [1.165, 1.54) is 37.0 Å². The maximum absolute atomic E-state index is 12.1. The van der Waals surface area contributed by atoms with Gasteiger partial charge < -0.3 is 11.1 Å². The van der Waals surface area contributed by atoms with E-state index in [2.05, 4.69) is 29.8 Å². The molecule has 3 N–H and O–H groups in total. The molecule has 1 aromatic rings. The summed E-state index contributed by atoms with van der Waals surface area (Å²) in [5.74, 6) is 0.00774. The van der Waals surface area contributed by atoms with Crippen molar-refractivity contribution < 1.29 is 4.79 Å². The molecular weight excluding hydrogens is 268 g/mol. The zero-order chi connectivity index (χ0) is 14.4. The molecule has 1 amide bonds. The molecule has 1 fully saturated rings. The molecule has 3 nitrogen and oxygen atoms in total. The van der Waals surface area contributed by atoms with E-state index in [1.54, 1.807) is 0 Å². The van der Waals surface area contributed by atoms with Crippen LogP contribution in [0.3, 0.4) is 0 Å². The third-order valence-corrected chi connectivity index (χ3v) is 5.51. The molecule has 1 aliphatic rings. The van der Waals surface area contributed by atoms with Gasteiger partial charge >= 0.3 is 0 Å². The fourth-order valence-electron chi connectivity index (χ4n) is 3.15. The Morgan fingerprint density at radius 2 is 2.20 bits per heavy atom. The van der Waals surface area contributed by atoms with Gasteiger partial charge in [0.2, 0.25) is 5.91 Å². The highest BCUT2D eigenvalue weighted by atomic mass is 32.1. The van der Waals surface area contributed by atoms with Crippen LogP contribution in [0.2, 0.25) is 0 Å². The van der Waals surface area contributed by atoms with Gasteiger partial charge in [-0.1, -0.05) is 38.7 Å². The number of thiophene rings is 1. The molecule has 1 heterocycles. The van der Waals surface area contributed by atoms with Gasteiger partial charge in [0, 0.05) is 16.8 Å². The Morgan fingerprint density at radius 3 is 2.80 bits per heavy atom. The van der Waals surface area contributed by atoms with Crippen LogP contribution < -0.4 is 11.1 Å². The van der Waals surface area contributed by atoms with Gasteiger partial charge in [-0.15, -0.1) is 11.3 Å². The topological polar surface area (TPSA) is 55.1 Å². The molecule has 0 aromatic carbocycles. The van der Waals surface area contributed by atoms with Crippen molar-refractivity contribution in [3.05, 3.63) is 22.4 Å². The number of nitrogens with one attached hydrogen (secondary N) is 1. The average Bonchev–Trinajstić information content (AvgIpc) is 3.01. The first-order chi connectivity index (χ1) is 9.68. The molecule has 112 valence electrons. The second-order valence-electron chi connectivity index (χ2n) is 5.93. The highest BCUT2D eigenvalue weighted by Gasteiger charge is 2.35. The van der Waals surface area contributed by atoms with Gasteiger partial charge in [-0.2, -0.15) is 0 Å². The van der Waals surface area contributed by atoms with E-state index in [0.29, 0.717) is 0 Å². The molecular formula is C16H26N2OS. The van der Waals surface area contributed by atoms with Gasteiger partial charge in [-0.3, -0.25) is 4.79 Å². The standard InChI is InChI=1S/C16H26N2OS/c1-2-7-13(17)15(19)18-12-16(9-4-3-5-10-16)14-8-6-11-20-14/h6,8,11,13H,2-5,7,9-10,12,17H2,1H3,(H,18,19). The van der Waals surface area contributed by atoms with Crippen LogP contribution in [0.4, 0.5) is 0 Å². The summed E-state index contributed by atoms with van der Waals surface area (Å²) in [6.45, 7) is 2.80. The Morgan fingerprint density at radius 1 is 1.45 bits per heavy atom. The van der Waals surface area contributed by atoms with E-state index in [0.717, 1.165) is 19.4 Å². The van der Waals surface area contributed by atoms with Gasteiger partial charge in [0.1, 0.15) is 0 Å². The molecule has 0 spiro atoms. The molecule has 0 aliphatic heterocycles. The molecule has 1 aromatic heterocycles. The first-order valence-corrected chi connectivity index (χ1v) is 8.63. The van der Waals surface area contributed by atoms with Crippen LogP contribution in [0.5, 0.6) is 0 Å². The van der Waals surface area contributed by atoms with Crippen molar-refractivity contribution in [3.63, 3.8) is 0 Å². The van der Waals surface area contributed by atoms with E-state index in [1.807, 2.05) is 11.3 Å². The number of nitrogens with two attached hydrogens (primary N) is 1. The molecule has 1 saturated carbocycles. The Kier molecular flexibility index (Phi) is 5.61. The van der Waals surface area contributed by atoms with Crippen molar-refractivity contribution in [1.82, 2.24) is 5.32 Å². The molecule has 0 bridgehead atoms. The van der Waals surface area contributed by atoms with Crippen LogP contribution in [0.25, 0.3) is 0 Å². The smallest absolute Gasteiger partial charge is 0.236 e. The summed E-state index contributed by atoms with van der Waals surface area (Å²) in [6, 6.07) is 3.97. The number of rotatable bonds is 6. The van der Waals surface area contributed by atoms with E-state index >= 15 is 0 Å². The summed E-state index contributed by atoms with van der Waals surface area (Å²) >= 11 is 1.82. The van der Waals surface area contributed by atoms with Crippen molar-refractivity contribution >= 4 is 17.2 Å². The van der Waals surface area contributed by atoms with Crippen molar-refractivity contribution in [1.29, 1.82) is 0 Å². The lowest BCUT2D eigenvalue weighted by Crippen LogP contribution is -2.47. The zero-order valence-electron chi connectivity index (χ0n) is 12.4. The van der Waals surface area contributed by atoms with Crippen molar-refractivity contribution in [2.45, 2.75) is 63.3 Å². The summed E-state index contributed by atoms with van der Waals surface area (Å²) in [6.07, 6.45) is 7.90. The van der Waals surface area contributed by atoms with Crippen molar-refractivity contribution in [3.8, 4) is 0 Å². The minimum Gasteiger partial charge on any atom is -0.354 e. The van der Waals surface area contributed by atoms with Gasteiger partial charge in [-0.05, 0) is 30.7 Å². The average molecular weight is 294 g/mol. The molecule has 1 unspecified atom stereocenters. The lowest BCUT2D eigenvalue weighted by Gasteiger charge is -2.37. The maximum Gasteiger partial charge on any atom is 0.236 e. The van der Waals surface area contributed by atoms with Gasteiger partial charge in [0.25, 0.3) is 0 Å². The SMILES string of the molecule is CCCC(N)C(=O)NCC1(c2cccs2)CCCCC1. The first kappa shape index (κ1) is 15.5. The Labute approximate surface area is 125 Å². The Bertz CT molecular complexity index is 410. The number of amides is 1. The summed E-state index contributed by atoms with van der Waals surface area (Å²) in [5, 5.41) is 5.24. The third kappa shape index (κ3) is 3.61. The van der Waals surface area contributed by atoms with E-state index < -0.39 is 0 Å². The van der Waals surface area contributed by atoms with Gasteiger partial charge in [-0.25, -0.2) is 0 Å². The number of hydrogen-bond donors (Lipinski definition) is 2. The maximum atomic E-state index is 12.1.